The lowest BCUT2D eigenvalue weighted by molar-refractivity contribution is -0.117. The Kier molecular flexibility index (Phi) is 4.43. The number of nitrogens with zero attached hydrogens (tertiary/aromatic N) is 2. The smallest absolute Gasteiger partial charge is 0.242 e. The van der Waals surface area contributed by atoms with Gasteiger partial charge in [0.05, 0.1) is 6.04 Å². The van der Waals surface area contributed by atoms with E-state index in [0.29, 0.717) is 12.2 Å². The first kappa shape index (κ1) is 13.5. The summed E-state index contributed by atoms with van der Waals surface area (Å²) in [4.78, 5) is 11.9. The van der Waals surface area contributed by atoms with E-state index < -0.39 is 6.04 Å². The second-order valence-electron chi connectivity index (χ2n) is 4.03. The van der Waals surface area contributed by atoms with Gasteiger partial charge in [-0.1, -0.05) is 41.9 Å². The summed E-state index contributed by atoms with van der Waals surface area (Å²) >= 11 is 5.61. The standard InChI is InChI=1S/C13H13ClN4O/c14-11-6-7-12(18-17-11)16-13(19)10(15)8-9-4-2-1-3-5-9/h1-7,10H,8,15H2,(H,16,18,19). The Morgan fingerprint density at radius 2 is 1.95 bits per heavy atom. The Labute approximate surface area is 115 Å². The number of nitrogens with two attached hydrogens (primary N) is 1. The molecule has 1 unspecified atom stereocenters. The number of benzene rings is 1. The van der Waals surface area contributed by atoms with Crippen LogP contribution in [0.2, 0.25) is 5.15 Å². The highest BCUT2D eigenvalue weighted by molar-refractivity contribution is 6.29. The van der Waals surface area contributed by atoms with Crippen molar-refractivity contribution in [3.63, 3.8) is 0 Å². The summed E-state index contributed by atoms with van der Waals surface area (Å²) in [5.74, 6) is 0.0263. The van der Waals surface area contributed by atoms with Gasteiger partial charge in [0.15, 0.2) is 11.0 Å². The highest BCUT2D eigenvalue weighted by Gasteiger charge is 2.14. The molecule has 1 aromatic heterocycles. The summed E-state index contributed by atoms with van der Waals surface area (Å²) in [6, 6.07) is 12.1. The quantitative estimate of drug-likeness (QED) is 0.889. The number of hydrogen-bond acceptors (Lipinski definition) is 4. The number of rotatable bonds is 4. The van der Waals surface area contributed by atoms with E-state index >= 15 is 0 Å². The van der Waals surface area contributed by atoms with Crippen molar-refractivity contribution in [2.75, 3.05) is 5.32 Å². The third kappa shape index (κ3) is 4.01. The molecule has 0 radical (unpaired) electrons. The second-order valence-corrected chi connectivity index (χ2v) is 4.41. The van der Waals surface area contributed by atoms with Crippen LogP contribution < -0.4 is 11.1 Å². The van der Waals surface area contributed by atoms with Crippen molar-refractivity contribution in [2.45, 2.75) is 12.5 Å². The summed E-state index contributed by atoms with van der Waals surface area (Å²) < 4.78 is 0. The molecule has 98 valence electrons. The zero-order valence-electron chi connectivity index (χ0n) is 10.1. The molecule has 1 amide bonds. The van der Waals surface area contributed by atoms with Crippen LogP contribution in [-0.2, 0) is 11.2 Å². The molecule has 2 aromatic rings. The molecule has 0 bridgehead atoms. The molecule has 1 aromatic carbocycles. The zero-order chi connectivity index (χ0) is 13.7. The SMILES string of the molecule is NC(Cc1ccccc1)C(=O)Nc1ccc(Cl)nn1. The lowest BCUT2D eigenvalue weighted by Crippen LogP contribution is -2.37. The van der Waals surface area contributed by atoms with Crippen LogP contribution in [0.5, 0.6) is 0 Å². The van der Waals surface area contributed by atoms with E-state index in [1.54, 1.807) is 12.1 Å². The third-order valence-corrected chi connectivity index (χ3v) is 2.72. The maximum atomic E-state index is 11.9. The number of nitrogens with one attached hydrogen (secondary N) is 1. The first-order valence-electron chi connectivity index (χ1n) is 5.75. The Bertz CT molecular complexity index is 544. The van der Waals surface area contributed by atoms with E-state index in [-0.39, 0.29) is 11.1 Å². The fraction of sp³-hybridized carbons (Fsp3) is 0.154. The number of halogens is 1. The summed E-state index contributed by atoms with van der Waals surface area (Å²) in [5.41, 5.74) is 6.85. The molecular weight excluding hydrogens is 264 g/mol. The predicted molar refractivity (Wildman–Crippen MR) is 73.8 cm³/mol. The van der Waals surface area contributed by atoms with E-state index in [1.807, 2.05) is 30.3 Å². The van der Waals surface area contributed by atoms with Crippen LogP contribution in [0.1, 0.15) is 5.56 Å². The lowest BCUT2D eigenvalue weighted by Gasteiger charge is -2.11. The maximum absolute atomic E-state index is 11.9. The minimum absolute atomic E-state index is 0.270. The van der Waals surface area contributed by atoms with Crippen LogP contribution in [-0.4, -0.2) is 22.1 Å². The van der Waals surface area contributed by atoms with E-state index in [0.717, 1.165) is 5.56 Å². The third-order valence-electron chi connectivity index (χ3n) is 2.52. The molecule has 0 spiro atoms. The van der Waals surface area contributed by atoms with Gasteiger partial charge < -0.3 is 11.1 Å². The number of carbonyl (C=O) groups excluding carboxylic acids is 1. The molecule has 5 nitrogen and oxygen atoms in total. The fourth-order valence-corrected chi connectivity index (χ4v) is 1.66. The Hall–Kier alpha value is -1.98. The van der Waals surface area contributed by atoms with Gasteiger partial charge in [-0.15, -0.1) is 10.2 Å². The lowest BCUT2D eigenvalue weighted by atomic mass is 10.1. The molecule has 0 saturated heterocycles. The van der Waals surface area contributed by atoms with Crippen LogP contribution in [0.3, 0.4) is 0 Å². The molecule has 1 atom stereocenters. The van der Waals surface area contributed by atoms with Crippen molar-refractivity contribution >= 4 is 23.3 Å². The molecule has 0 saturated carbocycles. The van der Waals surface area contributed by atoms with Gasteiger partial charge in [-0.3, -0.25) is 4.79 Å². The molecule has 1 heterocycles. The average molecular weight is 277 g/mol. The normalized spacial score (nSPS) is 11.9. The van der Waals surface area contributed by atoms with Gasteiger partial charge in [-0.25, -0.2) is 0 Å². The van der Waals surface area contributed by atoms with Gasteiger partial charge >= 0.3 is 0 Å². The number of amides is 1. The van der Waals surface area contributed by atoms with E-state index in [2.05, 4.69) is 15.5 Å². The average Bonchev–Trinajstić information content (AvgIpc) is 2.42. The predicted octanol–water partition coefficient (Wildman–Crippen LogP) is 1.64. The number of hydrogen-bond donors (Lipinski definition) is 2. The molecule has 0 aliphatic carbocycles. The Balaban J connectivity index is 1.94. The van der Waals surface area contributed by atoms with Crippen LogP contribution in [0, 0.1) is 0 Å². The van der Waals surface area contributed by atoms with Crippen LogP contribution in [0.4, 0.5) is 5.82 Å². The summed E-state index contributed by atoms with van der Waals surface area (Å²) in [7, 11) is 0. The molecule has 0 aliphatic rings. The summed E-state index contributed by atoms with van der Waals surface area (Å²) in [6.07, 6.45) is 0.466. The molecular formula is C13H13ClN4O. The minimum atomic E-state index is -0.639. The zero-order valence-corrected chi connectivity index (χ0v) is 10.8. The molecule has 2 rings (SSSR count). The van der Waals surface area contributed by atoms with Crippen molar-refractivity contribution in [3.8, 4) is 0 Å². The molecule has 0 fully saturated rings. The van der Waals surface area contributed by atoms with E-state index in [9.17, 15) is 4.79 Å². The summed E-state index contributed by atoms with van der Waals surface area (Å²) in [5, 5.41) is 10.2. The molecule has 6 heteroatoms. The number of anilines is 1. The van der Waals surface area contributed by atoms with E-state index in [1.165, 1.54) is 0 Å². The van der Waals surface area contributed by atoms with Gasteiger partial charge in [0.2, 0.25) is 5.91 Å². The van der Waals surface area contributed by atoms with Crippen molar-refractivity contribution in [3.05, 3.63) is 53.2 Å². The monoisotopic (exact) mass is 276 g/mol. The first-order chi connectivity index (χ1) is 9.15. The number of aromatic nitrogens is 2. The molecule has 19 heavy (non-hydrogen) atoms. The van der Waals surface area contributed by atoms with Gasteiger partial charge in [0.25, 0.3) is 0 Å². The van der Waals surface area contributed by atoms with Gasteiger partial charge in [-0.2, -0.15) is 0 Å². The molecule has 3 N–H and O–H groups in total. The number of carbonyl (C=O) groups is 1. The second kappa shape index (κ2) is 6.26. The highest BCUT2D eigenvalue weighted by Crippen LogP contribution is 2.07. The van der Waals surface area contributed by atoms with Crippen molar-refractivity contribution in [1.82, 2.24) is 10.2 Å². The topological polar surface area (TPSA) is 80.9 Å². The maximum Gasteiger partial charge on any atom is 0.242 e. The minimum Gasteiger partial charge on any atom is -0.320 e. The van der Waals surface area contributed by atoms with Crippen molar-refractivity contribution in [2.24, 2.45) is 5.73 Å². The van der Waals surface area contributed by atoms with Crippen molar-refractivity contribution < 1.29 is 4.79 Å². The Morgan fingerprint density at radius 3 is 2.58 bits per heavy atom. The van der Waals surface area contributed by atoms with Gasteiger partial charge in [-0.05, 0) is 24.1 Å². The van der Waals surface area contributed by atoms with Gasteiger partial charge in [0.1, 0.15) is 0 Å². The van der Waals surface area contributed by atoms with Gasteiger partial charge in [0, 0.05) is 0 Å². The molecule has 0 aliphatic heterocycles. The van der Waals surface area contributed by atoms with E-state index in [4.69, 9.17) is 17.3 Å². The highest BCUT2D eigenvalue weighted by atomic mass is 35.5. The fourth-order valence-electron chi connectivity index (χ4n) is 1.56. The van der Waals surface area contributed by atoms with Crippen molar-refractivity contribution in [1.29, 1.82) is 0 Å². The largest absolute Gasteiger partial charge is 0.320 e. The van der Waals surface area contributed by atoms with Crippen LogP contribution in [0.15, 0.2) is 42.5 Å². The first-order valence-corrected chi connectivity index (χ1v) is 6.12. The van der Waals surface area contributed by atoms with Crippen LogP contribution >= 0.6 is 11.6 Å². The summed E-state index contributed by atoms with van der Waals surface area (Å²) in [6.45, 7) is 0. The van der Waals surface area contributed by atoms with Crippen LogP contribution in [0.25, 0.3) is 0 Å². The Morgan fingerprint density at radius 1 is 1.21 bits per heavy atom.